The first-order valence-corrected chi connectivity index (χ1v) is 8.87. The van der Waals surface area contributed by atoms with Crippen LogP contribution in [-0.2, 0) is 4.79 Å². The van der Waals surface area contributed by atoms with Crippen LogP contribution < -0.4 is 5.32 Å². The quantitative estimate of drug-likeness (QED) is 0.719. The van der Waals surface area contributed by atoms with Crippen LogP contribution in [0.4, 0.5) is 0 Å². The minimum Gasteiger partial charge on any atom is -0.481 e. The fraction of sp³-hybridized carbons (Fsp3) is 0.933. The third-order valence-corrected chi connectivity index (χ3v) is 4.81. The van der Waals surface area contributed by atoms with Crippen LogP contribution in [0.1, 0.15) is 46.0 Å². The Kier molecular flexibility index (Phi) is 7.84. The lowest BCUT2D eigenvalue weighted by Gasteiger charge is -2.29. The summed E-state index contributed by atoms with van der Waals surface area (Å²) in [4.78, 5) is 11.2. The topological polar surface area (TPSA) is 49.3 Å². The van der Waals surface area contributed by atoms with E-state index in [4.69, 9.17) is 0 Å². The highest BCUT2D eigenvalue weighted by Gasteiger charge is 2.23. The van der Waals surface area contributed by atoms with E-state index < -0.39 is 5.97 Å². The molecule has 2 N–H and O–H groups in total. The van der Waals surface area contributed by atoms with Crippen molar-refractivity contribution in [3.8, 4) is 0 Å². The van der Waals surface area contributed by atoms with Crippen molar-refractivity contribution in [1.29, 1.82) is 0 Å². The molecule has 0 saturated heterocycles. The van der Waals surface area contributed by atoms with E-state index in [0.29, 0.717) is 18.5 Å². The van der Waals surface area contributed by atoms with Gasteiger partial charge in [-0.25, -0.2) is 0 Å². The molecule has 0 spiro atoms. The first-order chi connectivity index (χ1) is 9.02. The monoisotopic (exact) mass is 287 g/mol. The maximum atomic E-state index is 11.2. The first kappa shape index (κ1) is 16.8. The Morgan fingerprint density at radius 1 is 1.32 bits per heavy atom. The van der Waals surface area contributed by atoms with Crippen LogP contribution in [0, 0.1) is 17.8 Å². The van der Waals surface area contributed by atoms with Crippen LogP contribution >= 0.6 is 11.8 Å². The van der Waals surface area contributed by atoms with Crippen LogP contribution in [0.25, 0.3) is 0 Å². The largest absolute Gasteiger partial charge is 0.481 e. The zero-order valence-electron chi connectivity index (χ0n) is 12.5. The molecule has 1 unspecified atom stereocenters. The number of carboxylic acids is 1. The Balaban J connectivity index is 2.26. The molecule has 0 amide bonds. The molecule has 3 nitrogen and oxygen atoms in total. The summed E-state index contributed by atoms with van der Waals surface area (Å²) in [5.41, 5.74) is 0. The van der Waals surface area contributed by atoms with E-state index in [1.54, 1.807) is 0 Å². The van der Waals surface area contributed by atoms with E-state index in [1.807, 2.05) is 11.8 Å². The second-order valence-electron chi connectivity index (χ2n) is 6.25. The van der Waals surface area contributed by atoms with Gasteiger partial charge in [0.15, 0.2) is 0 Å². The van der Waals surface area contributed by atoms with E-state index in [-0.39, 0.29) is 5.92 Å². The highest BCUT2D eigenvalue weighted by molar-refractivity contribution is 7.98. The average molecular weight is 287 g/mol. The van der Waals surface area contributed by atoms with Crippen LogP contribution in [0.5, 0.6) is 0 Å². The van der Waals surface area contributed by atoms with Gasteiger partial charge in [0.05, 0.1) is 5.92 Å². The van der Waals surface area contributed by atoms with Gasteiger partial charge in [-0.3, -0.25) is 4.79 Å². The van der Waals surface area contributed by atoms with Crippen molar-refractivity contribution in [3.05, 3.63) is 0 Å². The molecule has 0 aromatic heterocycles. The Hall–Kier alpha value is -0.220. The second kappa shape index (κ2) is 8.85. The predicted octanol–water partition coefficient (Wildman–Crippen LogP) is 3.24. The van der Waals surface area contributed by atoms with E-state index in [9.17, 15) is 9.90 Å². The highest BCUT2D eigenvalue weighted by Crippen LogP contribution is 2.26. The van der Waals surface area contributed by atoms with Crippen molar-refractivity contribution in [2.45, 2.75) is 52.0 Å². The molecule has 112 valence electrons. The van der Waals surface area contributed by atoms with Crippen molar-refractivity contribution in [2.75, 3.05) is 18.6 Å². The summed E-state index contributed by atoms with van der Waals surface area (Å²) in [6.07, 6.45) is 7.94. The van der Waals surface area contributed by atoms with E-state index in [1.165, 1.54) is 31.4 Å². The maximum Gasteiger partial charge on any atom is 0.307 e. The molecule has 0 bridgehead atoms. The average Bonchev–Trinajstić information content (AvgIpc) is 2.36. The first-order valence-electron chi connectivity index (χ1n) is 7.48. The normalized spacial score (nSPS) is 25.5. The molecule has 4 heteroatoms. The van der Waals surface area contributed by atoms with Gasteiger partial charge in [0.1, 0.15) is 0 Å². The number of nitrogens with one attached hydrogen (secondary N) is 1. The van der Waals surface area contributed by atoms with Crippen molar-refractivity contribution in [2.24, 2.45) is 17.8 Å². The van der Waals surface area contributed by atoms with Gasteiger partial charge >= 0.3 is 5.97 Å². The van der Waals surface area contributed by atoms with Gasteiger partial charge in [0, 0.05) is 12.6 Å². The minimum atomic E-state index is -0.655. The summed E-state index contributed by atoms with van der Waals surface area (Å²) in [6, 6.07) is 0.534. The molecule has 1 saturated carbocycles. The standard InChI is InChI=1S/C15H29NO2S/c1-11(2)8-13(15(17)18)9-16-14-6-4-12(5-7-14)10-19-3/h11-14,16H,4-10H2,1-3H3,(H,17,18). The molecule has 1 aliphatic rings. The number of rotatable bonds is 8. The molecule has 0 aromatic carbocycles. The molecule has 19 heavy (non-hydrogen) atoms. The predicted molar refractivity (Wildman–Crippen MR) is 82.7 cm³/mol. The fourth-order valence-electron chi connectivity index (χ4n) is 2.92. The van der Waals surface area contributed by atoms with Crippen molar-refractivity contribution in [1.82, 2.24) is 5.32 Å². The molecular formula is C15H29NO2S. The lowest BCUT2D eigenvalue weighted by molar-refractivity contribution is -0.142. The van der Waals surface area contributed by atoms with Crippen LogP contribution in [0.2, 0.25) is 0 Å². The Labute approximate surface area is 121 Å². The SMILES string of the molecule is CSCC1CCC(NCC(CC(C)C)C(=O)O)CC1. The Morgan fingerprint density at radius 3 is 2.42 bits per heavy atom. The molecule has 0 aromatic rings. The van der Waals surface area contributed by atoms with Gasteiger partial charge in [0.25, 0.3) is 0 Å². The lowest BCUT2D eigenvalue weighted by Crippen LogP contribution is -2.39. The van der Waals surface area contributed by atoms with Gasteiger partial charge in [0.2, 0.25) is 0 Å². The zero-order chi connectivity index (χ0) is 14.3. The summed E-state index contributed by atoms with van der Waals surface area (Å²) in [7, 11) is 0. The summed E-state index contributed by atoms with van der Waals surface area (Å²) in [6.45, 7) is 4.80. The third kappa shape index (κ3) is 6.66. The van der Waals surface area contributed by atoms with Crippen LogP contribution in [-0.4, -0.2) is 35.7 Å². The summed E-state index contributed by atoms with van der Waals surface area (Å²) in [5, 5.41) is 12.7. The molecule has 1 fully saturated rings. The maximum absolute atomic E-state index is 11.2. The number of thioether (sulfide) groups is 1. The number of hydrogen-bond acceptors (Lipinski definition) is 3. The number of hydrogen-bond donors (Lipinski definition) is 2. The highest BCUT2D eigenvalue weighted by atomic mass is 32.2. The summed E-state index contributed by atoms with van der Waals surface area (Å²) >= 11 is 1.94. The number of carbonyl (C=O) groups is 1. The van der Waals surface area contributed by atoms with E-state index in [0.717, 1.165) is 12.3 Å². The molecule has 1 aliphatic carbocycles. The van der Waals surface area contributed by atoms with Gasteiger partial charge in [-0.1, -0.05) is 13.8 Å². The van der Waals surface area contributed by atoms with E-state index >= 15 is 0 Å². The van der Waals surface area contributed by atoms with Crippen molar-refractivity contribution in [3.63, 3.8) is 0 Å². The number of carboxylic acid groups (broad SMARTS) is 1. The fourth-order valence-corrected chi connectivity index (χ4v) is 3.72. The molecule has 0 aliphatic heterocycles. The van der Waals surface area contributed by atoms with Gasteiger partial charge in [-0.2, -0.15) is 11.8 Å². The molecule has 1 rings (SSSR count). The van der Waals surface area contributed by atoms with Crippen LogP contribution in [0.3, 0.4) is 0 Å². The van der Waals surface area contributed by atoms with Gasteiger partial charge in [-0.05, 0) is 55.9 Å². The smallest absolute Gasteiger partial charge is 0.307 e. The lowest BCUT2D eigenvalue weighted by atomic mass is 9.87. The van der Waals surface area contributed by atoms with Crippen LogP contribution in [0.15, 0.2) is 0 Å². The molecule has 1 atom stereocenters. The molecule has 0 heterocycles. The summed E-state index contributed by atoms with van der Waals surface area (Å²) in [5.74, 6) is 1.71. The van der Waals surface area contributed by atoms with Crippen molar-refractivity contribution < 1.29 is 9.90 Å². The van der Waals surface area contributed by atoms with Gasteiger partial charge < -0.3 is 10.4 Å². The van der Waals surface area contributed by atoms with E-state index in [2.05, 4.69) is 25.4 Å². The molecular weight excluding hydrogens is 258 g/mol. The number of aliphatic carboxylic acids is 1. The van der Waals surface area contributed by atoms with Crippen molar-refractivity contribution >= 4 is 17.7 Å². The Bertz CT molecular complexity index is 263. The summed E-state index contributed by atoms with van der Waals surface area (Å²) < 4.78 is 0. The Morgan fingerprint density at radius 2 is 1.95 bits per heavy atom. The molecule has 0 radical (unpaired) electrons. The zero-order valence-corrected chi connectivity index (χ0v) is 13.3. The third-order valence-electron chi connectivity index (χ3n) is 4.01. The van der Waals surface area contributed by atoms with Gasteiger partial charge in [-0.15, -0.1) is 0 Å². The second-order valence-corrected chi connectivity index (χ2v) is 7.16. The minimum absolute atomic E-state index is 0.232.